The number of rotatable bonds is 15. The van der Waals surface area contributed by atoms with Crippen molar-refractivity contribution in [3.05, 3.63) is 44.0 Å². The Bertz CT molecular complexity index is 2320. The van der Waals surface area contributed by atoms with Gasteiger partial charge in [-0.2, -0.15) is 8.42 Å². The lowest BCUT2D eigenvalue weighted by Crippen LogP contribution is -2.74. The van der Waals surface area contributed by atoms with Gasteiger partial charge in [-0.3, -0.25) is 23.9 Å². The number of β-lactam (4-membered cyclic amide) rings is 1. The van der Waals surface area contributed by atoms with E-state index >= 15 is 0 Å². The standard InChI is InChI=1S/C27H34N10O13S3/c1-5-7-15-19(31-21(40)18(14-12-51-24(28)30-14)33-50-27(2,3)23(42)43)22(41)36(15)25(44)34-53(48,49)37-26(45)35(8-6-9-52(4,46)47)20(32-37)13-10-16(38)17(39)11-29-13/h10-12,15,19,39H,5-9H2,1-4H3,(H2,28,30)(H,29,38)(H,31,40)(H,34,44)(H,42,43)/b33-18-/t15-,19+/m1/s1. The van der Waals surface area contributed by atoms with Gasteiger partial charge in [0.25, 0.3) is 11.8 Å². The average molecular weight is 803 g/mol. The minimum Gasteiger partial charge on any atom is -0.503 e. The number of H-pyrrole nitrogens is 1. The number of nitrogen functional groups attached to an aromatic ring is 1. The molecule has 1 fully saturated rings. The first-order valence-electron chi connectivity index (χ1n) is 15.3. The number of nitrogens with two attached hydrogens (primary N) is 1. The van der Waals surface area contributed by atoms with Crippen LogP contribution in [0.15, 0.2) is 32.4 Å². The lowest BCUT2D eigenvalue weighted by Gasteiger charge is -2.45. The molecule has 0 radical (unpaired) electrons. The average Bonchev–Trinajstić information content (AvgIpc) is 3.63. The smallest absolute Gasteiger partial charge is 0.362 e. The Labute approximate surface area is 303 Å². The van der Waals surface area contributed by atoms with Crippen LogP contribution < -0.4 is 26.9 Å². The number of carboxylic acid groups (broad SMARTS) is 1. The van der Waals surface area contributed by atoms with Crippen molar-refractivity contribution in [2.45, 2.75) is 64.3 Å². The Morgan fingerprint density at radius 1 is 1.19 bits per heavy atom. The first-order chi connectivity index (χ1) is 24.6. The molecule has 2 atom stereocenters. The number of oxime groups is 1. The molecule has 3 aromatic heterocycles. The van der Waals surface area contributed by atoms with Crippen LogP contribution in [-0.4, -0.2) is 115 Å². The number of aromatic amines is 1. The fraction of sp³-hybridized carbons (Fsp3) is 0.444. The van der Waals surface area contributed by atoms with E-state index in [0.717, 1.165) is 48.3 Å². The second-order valence-corrected chi connectivity index (χ2v) is 16.7. The first-order valence-corrected chi connectivity index (χ1v) is 19.7. The number of pyridine rings is 1. The van der Waals surface area contributed by atoms with Crippen LogP contribution in [-0.2, 0) is 45.8 Å². The molecule has 0 spiro atoms. The zero-order chi connectivity index (χ0) is 39.6. The Kier molecular flexibility index (Phi) is 11.5. The molecular formula is C27H34N10O13S3. The second-order valence-electron chi connectivity index (χ2n) is 12.0. The van der Waals surface area contributed by atoms with Crippen molar-refractivity contribution in [2.24, 2.45) is 5.16 Å². The molecule has 288 valence electrons. The number of hydrogen-bond donors (Lipinski definition) is 6. The van der Waals surface area contributed by atoms with Crippen LogP contribution in [0.3, 0.4) is 0 Å². The van der Waals surface area contributed by atoms with Crippen molar-refractivity contribution in [1.82, 2.24) is 38.7 Å². The number of hydrogen-bond acceptors (Lipinski definition) is 17. The summed E-state index contributed by atoms with van der Waals surface area (Å²) < 4.78 is 52.3. The topological polar surface area (TPSA) is 338 Å². The number of urea groups is 1. The van der Waals surface area contributed by atoms with Crippen LogP contribution in [0.1, 0.15) is 45.7 Å². The van der Waals surface area contributed by atoms with Crippen molar-refractivity contribution >= 4 is 66.0 Å². The molecular weight excluding hydrogens is 769 g/mol. The summed E-state index contributed by atoms with van der Waals surface area (Å²) in [7, 11) is -8.75. The molecule has 23 nitrogen and oxygen atoms in total. The van der Waals surface area contributed by atoms with Gasteiger partial charge < -0.3 is 31.1 Å². The summed E-state index contributed by atoms with van der Waals surface area (Å²) in [5, 5.41) is 30.1. The number of aromatic nitrogens is 5. The van der Waals surface area contributed by atoms with Gasteiger partial charge in [-0.25, -0.2) is 32.5 Å². The van der Waals surface area contributed by atoms with E-state index in [2.05, 4.69) is 25.5 Å². The highest BCUT2D eigenvalue weighted by Crippen LogP contribution is 2.26. The van der Waals surface area contributed by atoms with Gasteiger partial charge in [-0.05, 0) is 26.7 Å². The number of nitrogens with zero attached hydrogens (tertiary/aromatic N) is 6. The highest BCUT2D eigenvalue weighted by atomic mass is 32.2. The van der Waals surface area contributed by atoms with Gasteiger partial charge in [0.2, 0.25) is 11.0 Å². The molecule has 0 aromatic carbocycles. The maximum Gasteiger partial charge on any atom is 0.362 e. The van der Waals surface area contributed by atoms with Gasteiger partial charge in [-0.15, -0.1) is 16.4 Å². The lowest BCUT2D eigenvalue weighted by atomic mass is 9.91. The van der Waals surface area contributed by atoms with Crippen LogP contribution >= 0.6 is 11.3 Å². The van der Waals surface area contributed by atoms with Crippen molar-refractivity contribution in [3.63, 3.8) is 0 Å². The number of amides is 4. The number of aliphatic carboxylic acids is 1. The number of sulfone groups is 1. The molecule has 7 N–H and O–H groups in total. The molecule has 0 aliphatic carbocycles. The maximum atomic E-state index is 13.4. The molecule has 0 saturated carbocycles. The van der Waals surface area contributed by atoms with Crippen molar-refractivity contribution in [1.29, 1.82) is 0 Å². The van der Waals surface area contributed by atoms with E-state index in [1.165, 1.54) is 5.38 Å². The number of thiazole rings is 1. The predicted octanol–water partition coefficient (Wildman–Crippen LogP) is -1.84. The summed E-state index contributed by atoms with van der Waals surface area (Å²) in [4.78, 5) is 88.8. The normalized spacial score (nSPS) is 16.6. The number of imide groups is 1. The summed E-state index contributed by atoms with van der Waals surface area (Å²) >= 11 is 0.921. The molecule has 4 amide bonds. The van der Waals surface area contributed by atoms with E-state index in [4.69, 9.17) is 10.6 Å². The van der Waals surface area contributed by atoms with Crippen LogP contribution in [0.5, 0.6) is 5.75 Å². The summed E-state index contributed by atoms with van der Waals surface area (Å²) in [6.07, 6.45) is 1.98. The van der Waals surface area contributed by atoms with Gasteiger partial charge in [0.05, 0.1) is 17.5 Å². The largest absolute Gasteiger partial charge is 0.503 e. The van der Waals surface area contributed by atoms with E-state index in [-0.39, 0.29) is 33.4 Å². The first kappa shape index (κ1) is 40.1. The van der Waals surface area contributed by atoms with E-state index in [1.54, 1.807) is 11.6 Å². The number of anilines is 1. The highest BCUT2D eigenvalue weighted by Gasteiger charge is 2.52. The number of carbonyl (C=O) groups excluding carboxylic acids is 3. The zero-order valence-corrected chi connectivity index (χ0v) is 30.7. The summed E-state index contributed by atoms with van der Waals surface area (Å²) in [6.45, 7) is 3.59. The zero-order valence-electron chi connectivity index (χ0n) is 28.3. The predicted molar refractivity (Wildman–Crippen MR) is 185 cm³/mol. The lowest BCUT2D eigenvalue weighted by molar-refractivity contribution is -0.161. The van der Waals surface area contributed by atoms with E-state index in [9.17, 15) is 55.8 Å². The fourth-order valence-corrected chi connectivity index (χ4v) is 6.86. The van der Waals surface area contributed by atoms with Crippen LogP contribution in [0.25, 0.3) is 11.5 Å². The third-order valence-corrected chi connectivity index (χ3v) is 10.3. The molecule has 4 heterocycles. The molecule has 3 aromatic rings. The number of nitrogens with one attached hydrogen (secondary N) is 3. The van der Waals surface area contributed by atoms with E-state index in [0.29, 0.717) is 11.3 Å². The number of aromatic hydroxyl groups is 1. The third-order valence-electron chi connectivity index (χ3n) is 7.48. The number of carboxylic acids is 1. The third kappa shape index (κ3) is 8.88. The van der Waals surface area contributed by atoms with Gasteiger partial charge in [0.1, 0.15) is 21.6 Å². The van der Waals surface area contributed by atoms with Crippen LogP contribution in [0.2, 0.25) is 0 Å². The monoisotopic (exact) mass is 802 g/mol. The van der Waals surface area contributed by atoms with Gasteiger partial charge in [0, 0.05) is 30.4 Å². The van der Waals surface area contributed by atoms with Gasteiger partial charge in [0.15, 0.2) is 22.4 Å². The summed E-state index contributed by atoms with van der Waals surface area (Å²) in [6, 6.07) is -3.27. The van der Waals surface area contributed by atoms with Crippen molar-refractivity contribution in [3.8, 4) is 17.3 Å². The Hall–Kier alpha value is -5.63. The summed E-state index contributed by atoms with van der Waals surface area (Å²) in [5.41, 5.74) is 0.550. The molecule has 0 unspecified atom stereocenters. The second kappa shape index (κ2) is 15.2. The molecule has 4 rings (SSSR count). The molecule has 1 aliphatic rings. The number of carbonyl (C=O) groups is 4. The van der Waals surface area contributed by atoms with E-state index < -0.39 is 102 Å². The minimum absolute atomic E-state index is 0.0203. The highest BCUT2D eigenvalue weighted by molar-refractivity contribution is 7.90. The Balaban J connectivity index is 1.60. The SMILES string of the molecule is CCC[C@@H]1[C@H](NC(=O)/C(=N\OC(C)(C)C(=O)O)c2csc(N)n2)C(=O)N1C(=O)NS(=O)(=O)n1nc(-c2cc(=O)c(O)c[nH]2)n(CCCS(C)(=O)=O)c1=O. The Morgan fingerprint density at radius 3 is 2.43 bits per heavy atom. The summed E-state index contributed by atoms with van der Waals surface area (Å²) in [5.74, 6) is -5.15. The maximum absolute atomic E-state index is 13.4. The van der Waals surface area contributed by atoms with Gasteiger partial charge >= 0.3 is 27.9 Å². The van der Waals surface area contributed by atoms with Crippen LogP contribution in [0, 0.1) is 0 Å². The quantitative estimate of drug-likeness (QED) is 0.0559. The number of likely N-dealkylation sites (tertiary alicyclic amines) is 1. The fourth-order valence-electron chi connectivity index (χ4n) is 4.77. The molecule has 53 heavy (non-hydrogen) atoms. The molecule has 26 heteroatoms. The minimum atomic E-state index is -5.24. The van der Waals surface area contributed by atoms with Crippen LogP contribution in [0.4, 0.5) is 9.93 Å². The van der Waals surface area contributed by atoms with Crippen molar-refractivity contribution in [2.75, 3.05) is 17.7 Å². The van der Waals surface area contributed by atoms with Crippen molar-refractivity contribution < 1.29 is 51.1 Å². The molecule has 1 saturated heterocycles. The Morgan fingerprint density at radius 2 is 1.87 bits per heavy atom. The van der Waals surface area contributed by atoms with Gasteiger partial charge in [-0.1, -0.05) is 22.6 Å². The molecule has 0 bridgehead atoms. The molecule has 1 aliphatic heterocycles. The van der Waals surface area contributed by atoms with E-state index in [1.807, 2.05) is 0 Å².